The van der Waals surface area contributed by atoms with Gasteiger partial charge in [-0.25, -0.2) is 4.79 Å². The number of ketones is 1. The Bertz CT molecular complexity index is 1080. The Kier molecular flexibility index (Phi) is 13.0. The summed E-state index contributed by atoms with van der Waals surface area (Å²) in [5, 5.41) is 11.6. The Balaban J connectivity index is 1.80. The molecule has 0 bridgehead atoms. The monoisotopic (exact) mass is 630 g/mol. The summed E-state index contributed by atoms with van der Waals surface area (Å²) in [5.41, 5.74) is 5.14. The quantitative estimate of drug-likeness (QED) is 0.138. The summed E-state index contributed by atoms with van der Waals surface area (Å²) in [7, 11) is 0. The number of urea groups is 1. The standard InChI is InChI=1S/C34H58N6O5/c1-7-19-36-30(43)26(41)24(21-23-13-14-23)37-29(42)25-12-11-20-40(25)31(44)28(34(6)16-9-8-10-17-34)39-32(45)38-27(33(3,4)5)22(2)15-18-35/h7,22-25,27-28H,1,8-21,35H2,2-6H3,(H,36,43)(H,37,42)(H2,38,39,45)/t22-,24?,25+,27-,28-/m1/s1. The maximum absolute atomic E-state index is 14.4. The van der Waals surface area contributed by atoms with Crippen molar-refractivity contribution in [2.45, 2.75) is 129 Å². The highest BCUT2D eigenvalue weighted by atomic mass is 16.2. The maximum atomic E-state index is 14.4. The molecule has 11 heteroatoms. The van der Waals surface area contributed by atoms with E-state index in [2.05, 4.69) is 62.5 Å². The van der Waals surface area contributed by atoms with E-state index in [1.54, 1.807) is 4.90 Å². The second-order valence-electron chi connectivity index (χ2n) is 15.0. The Morgan fingerprint density at radius 1 is 1.00 bits per heavy atom. The number of nitrogens with one attached hydrogen (secondary N) is 4. The Labute approximate surface area is 269 Å². The molecule has 1 unspecified atom stereocenters. The van der Waals surface area contributed by atoms with Crippen molar-refractivity contribution in [3.05, 3.63) is 12.7 Å². The van der Waals surface area contributed by atoms with Gasteiger partial charge in [-0.1, -0.05) is 72.8 Å². The first-order valence-corrected chi connectivity index (χ1v) is 17.0. The van der Waals surface area contributed by atoms with Gasteiger partial charge in [0.25, 0.3) is 5.91 Å². The molecule has 1 saturated heterocycles. The van der Waals surface area contributed by atoms with Gasteiger partial charge in [-0.15, -0.1) is 6.58 Å². The number of carbonyl (C=O) groups is 5. The number of amides is 5. The fourth-order valence-corrected chi connectivity index (χ4v) is 7.20. The molecule has 3 aliphatic rings. The second-order valence-corrected chi connectivity index (χ2v) is 15.0. The first-order chi connectivity index (χ1) is 21.2. The largest absolute Gasteiger partial charge is 0.346 e. The van der Waals surface area contributed by atoms with Crippen molar-refractivity contribution in [1.82, 2.24) is 26.2 Å². The Morgan fingerprint density at radius 2 is 1.67 bits per heavy atom. The summed E-state index contributed by atoms with van der Waals surface area (Å²) >= 11 is 0. The number of nitrogens with zero attached hydrogens (tertiary/aromatic N) is 1. The van der Waals surface area contributed by atoms with Crippen LogP contribution < -0.4 is 27.0 Å². The molecule has 0 radical (unpaired) electrons. The van der Waals surface area contributed by atoms with Crippen molar-refractivity contribution in [3.63, 3.8) is 0 Å². The summed E-state index contributed by atoms with van der Waals surface area (Å²) < 4.78 is 0. The van der Waals surface area contributed by atoms with Crippen LogP contribution in [-0.2, 0) is 19.2 Å². The summed E-state index contributed by atoms with van der Waals surface area (Å²) in [6, 6.07) is -3.11. The van der Waals surface area contributed by atoms with Gasteiger partial charge in [0.05, 0.1) is 6.04 Å². The molecule has 6 N–H and O–H groups in total. The third-order valence-electron chi connectivity index (χ3n) is 9.99. The van der Waals surface area contributed by atoms with Crippen LogP contribution in [0.25, 0.3) is 0 Å². The zero-order valence-corrected chi connectivity index (χ0v) is 28.2. The number of rotatable bonds is 15. The Hall–Kier alpha value is -2.95. The van der Waals surface area contributed by atoms with Gasteiger partial charge in [0.15, 0.2) is 0 Å². The lowest BCUT2D eigenvalue weighted by atomic mass is 9.70. The van der Waals surface area contributed by atoms with Gasteiger partial charge < -0.3 is 31.9 Å². The lowest BCUT2D eigenvalue weighted by molar-refractivity contribution is -0.144. The predicted molar refractivity (Wildman–Crippen MR) is 175 cm³/mol. The van der Waals surface area contributed by atoms with E-state index in [-0.39, 0.29) is 35.7 Å². The van der Waals surface area contributed by atoms with E-state index in [4.69, 9.17) is 5.73 Å². The number of nitrogens with two attached hydrogens (primary N) is 1. The van der Waals surface area contributed by atoms with Gasteiger partial charge in [-0.3, -0.25) is 19.2 Å². The van der Waals surface area contributed by atoms with Gasteiger partial charge in [-0.2, -0.15) is 0 Å². The molecule has 5 atom stereocenters. The molecule has 0 aromatic carbocycles. The third kappa shape index (κ3) is 10.0. The van der Waals surface area contributed by atoms with Gasteiger partial charge in [-0.05, 0) is 67.7 Å². The van der Waals surface area contributed by atoms with Crippen molar-refractivity contribution < 1.29 is 24.0 Å². The molecule has 2 aliphatic carbocycles. The Morgan fingerprint density at radius 3 is 2.24 bits per heavy atom. The highest BCUT2D eigenvalue weighted by molar-refractivity contribution is 6.38. The maximum Gasteiger partial charge on any atom is 0.315 e. The van der Waals surface area contributed by atoms with Crippen molar-refractivity contribution >= 4 is 29.5 Å². The smallest absolute Gasteiger partial charge is 0.315 e. The van der Waals surface area contributed by atoms with E-state index >= 15 is 0 Å². The summed E-state index contributed by atoms with van der Waals surface area (Å²) in [6.07, 6.45) is 10.2. The van der Waals surface area contributed by atoms with Crippen molar-refractivity contribution in [3.8, 4) is 0 Å². The lowest BCUT2D eigenvalue weighted by Gasteiger charge is -2.43. The molecule has 1 aliphatic heterocycles. The number of carbonyl (C=O) groups excluding carboxylic acids is 5. The predicted octanol–water partition coefficient (Wildman–Crippen LogP) is 3.17. The molecule has 254 valence electrons. The molecule has 0 aromatic heterocycles. The topological polar surface area (TPSA) is 163 Å². The molecule has 3 rings (SSSR count). The molecule has 11 nitrogen and oxygen atoms in total. The lowest BCUT2D eigenvalue weighted by Crippen LogP contribution is -2.62. The van der Waals surface area contributed by atoms with E-state index in [1.165, 1.54) is 6.08 Å². The summed E-state index contributed by atoms with van der Waals surface area (Å²) in [5.74, 6) is -1.72. The molecule has 5 amide bonds. The SMILES string of the molecule is C=CCNC(=O)C(=O)C(CC1CC1)NC(=O)[C@@H]1CCCN1C(=O)[C@@H](NC(=O)N[C@H]([C@H](C)CCN)C(C)(C)C)C1(C)CCCCC1. The molecule has 0 spiro atoms. The number of hydrogen-bond donors (Lipinski definition) is 5. The van der Waals surface area contributed by atoms with Crippen LogP contribution in [0.1, 0.15) is 105 Å². The van der Waals surface area contributed by atoms with Crippen LogP contribution in [-0.4, -0.2) is 78.2 Å². The summed E-state index contributed by atoms with van der Waals surface area (Å²) in [6.45, 7) is 15.0. The van der Waals surface area contributed by atoms with Crippen LogP contribution in [0.3, 0.4) is 0 Å². The van der Waals surface area contributed by atoms with Crippen LogP contribution in [0.5, 0.6) is 0 Å². The summed E-state index contributed by atoms with van der Waals surface area (Å²) in [4.78, 5) is 68.8. The van der Waals surface area contributed by atoms with E-state index in [1.807, 2.05) is 0 Å². The minimum atomic E-state index is -0.951. The third-order valence-corrected chi connectivity index (χ3v) is 9.99. The van der Waals surface area contributed by atoms with Crippen molar-refractivity contribution in [1.29, 1.82) is 0 Å². The van der Waals surface area contributed by atoms with Gasteiger partial charge in [0, 0.05) is 19.1 Å². The fourth-order valence-electron chi connectivity index (χ4n) is 7.20. The van der Waals surface area contributed by atoms with Crippen LogP contribution in [0.15, 0.2) is 12.7 Å². The van der Waals surface area contributed by atoms with Crippen molar-refractivity contribution in [2.75, 3.05) is 19.6 Å². The second kappa shape index (κ2) is 16.1. The van der Waals surface area contributed by atoms with Gasteiger partial charge in [0.1, 0.15) is 12.1 Å². The van der Waals surface area contributed by atoms with E-state index in [9.17, 15) is 24.0 Å². The zero-order chi connectivity index (χ0) is 33.4. The molecule has 45 heavy (non-hydrogen) atoms. The minimum Gasteiger partial charge on any atom is -0.346 e. The van der Waals surface area contributed by atoms with Gasteiger partial charge >= 0.3 is 6.03 Å². The van der Waals surface area contributed by atoms with Crippen LogP contribution in [0.4, 0.5) is 4.79 Å². The number of Topliss-reactive ketones (excluding diaryl/α,β-unsaturated/α-hetero) is 1. The first-order valence-electron chi connectivity index (χ1n) is 17.0. The van der Waals surface area contributed by atoms with E-state index < -0.39 is 47.2 Å². The van der Waals surface area contributed by atoms with Crippen LogP contribution in [0, 0.1) is 22.7 Å². The number of likely N-dealkylation sites (tertiary alicyclic amines) is 1. The molecular formula is C34H58N6O5. The first kappa shape index (κ1) is 36.5. The average molecular weight is 631 g/mol. The highest BCUT2D eigenvalue weighted by Gasteiger charge is 2.47. The average Bonchev–Trinajstić information content (AvgIpc) is 3.67. The van der Waals surface area contributed by atoms with Gasteiger partial charge in [0.2, 0.25) is 17.6 Å². The molecule has 3 fully saturated rings. The highest BCUT2D eigenvalue weighted by Crippen LogP contribution is 2.40. The molecular weight excluding hydrogens is 572 g/mol. The normalized spacial score (nSPS) is 22.4. The van der Waals surface area contributed by atoms with Crippen molar-refractivity contribution in [2.24, 2.45) is 28.4 Å². The van der Waals surface area contributed by atoms with Crippen LogP contribution in [0.2, 0.25) is 0 Å². The molecule has 2 saturated carbocycles. The molecule has 0 aromatic rings. The zero-order valence-electron chi connectivity index (χ0n) is 28.2. The van der Waals surface area contributed by atoms with Crippen LogP contribution >= 0.6 is 0 Å². The fraction of sp³-hybridized carbons (Fsp3) is 0.794. The number of hydrogen-bond acceptors (Lipinski definition) is 6. The molecule has 1 heterocycles. The van der Waals surface area contributed by atoms with E-state index in [0.717, 1.165) is 51.4 Å². The van der Waals surface area contributed by atoms with E-state index in [0.29, 0.717) is 32.4 Å². The minimum absolute atomic E-state index is 0.136.